The number of pyridine rings is 1. The number of fused-ring (bicyclic) bond motifs is 1. The van der Waals surface area contributed by atoms with Crippen molar-refractivity contribution < 1.29 is 19.1 Å². The van der Waals surface area contributed by atoms with E-state index in [0.717, 1.165) is 16.9 Å². The first-order valence-electron chi connectivity index (χ1n) is 9.36. The van der Waals surface area contributed by atoms with Gasteiger partial charge in [0.05, 0.1) is 12.3 Å². The Morgan fingerprint density at radius 3 is 3.00 bits per heavy atom. The first kappa shape index (κ1) is 19.1. The van der Waals surface area contributed by atoms with Crippen molar-refractivity contribution in [3.8, 4) is 5.75 Å². The number of nitrogens with zero attached hydrogens (tertiary/aromatic N) is 2. The molecule has 0 saturated carbocycles. The summed E-state index contributed by atoms with van der Waals surface area (Å²) < 4.78 is 10.9. The summed E-state index contributed by atoms with van der Waals surface area (Å²) in [6.45, 7) is 0.938. The van der Waals surface area contributed by atoms with Crippen LogP contribution in [0.15, 0.2) is 53.7 Å². The van der Waals surface area contributed by atoms with Crippen LogP contribution in [0, 0.1) is 0 Å². The fraction of sp³-hybridized carbons (Fsp3) is 0.286. The summed E-state index contributed by atoms with van der Waals surface area (Å²) >= 11 is 0. The van der Waals surface area contributed by atoms with E-state index in [1.807, 2.05) is 18.2 Å². The molecular weight excluding hydrogens is 372 g/mol. The number of benzene rings is 1. The molecule has 1 aromatic carbocycles. The van der Waals surface area contributed by atoms with Gasteiger partial charge in [0, 0.05) is 37.0 Å². The van der Waals surface area contributed by atoms with E-state index in [1.54, 1.807) is 18.5 Å². The van der Waals surface area contributed by atoms with Crippen molar-refractivity contribution in [3.63, 3.8) is 0 Å². The maximum absolute atomic E-state index is 11.6. The molecule has 0 radical (unpaired) electrons. The highest BCUT2D eigenvalue weighted by molar-refractivity contribution is 5.94. The minimum absolute atomic E-state index is 0.135. The Balaban J connectivity index is 1.40. The van der Waals surface area contributed by atoms with Crippen LogP contribution >= 0.6 is 0 Å². The van der Waals surface area contributed by atoms with Crippen molar-refractivity contribution in [2.24, 2.45) is 5.73 Å². The minimum atomic E-state index is -0.673. The van der Waals surface area contributed by atoms with Crippen LogP contribution in [-0.4, -0.2) is 33.1 Å². The molecule has 0 bridgehead atoms. The van der Waals surface area contributed by atoms with E-state index >= 15 is 0 Å². The second kappa shape index (κ2) is 8.42. The van der Waals surface area contributed by atoms with E-state index in [4.69, 9.17) is 14.9 Å². The van der Waals surface area contributed by atoms with Crippen LogP contribution in [0.5, 0.6) is 5.75 Å². The molecule has 4 rings (SSSR count). The van der Waals surface area contributed by atoms with Crippen LogP contribution in [0.1, 0.15) is 32.8 Å². The SMILES string of the molecule is NC(=O)c1ccncc1C[C@@H](O)[C@@H]1Cc2ccc(OCc3cnco3)cc2CN1. The zero-order valence-electron chi connectivity index (χ0n) is 15.7. The highest BCUT2D eigenvalue weighted by atomic mass is 16.5. The van der Waals surface area contributed by atoms with Crippen LogP contribution in [0.2, 0.25) is 0 Å². The molecule has 1 amide bonds. The molecule has 0 aliphatic carbocycles. The normalized spacial score (nSPS) is 16.8. The van der Waals surface area contributed by atoms with E-state index < -0.39 is 12.0 Å². The number of nitrogens with two attached hydrogens (primary N) is 1. The second-order valence-electron chi connectivity index (χ2n) is 7.05. The number of aliphatic hydroxyl groups is 1. The van der Waals surface area contributed by atoms with Crippen LogP contribution < -0.4 is 15.8 Å². The molecule has 8 heteroatoms. The predicted molar refractivity (Wildman–Crippen MR) is 104 cm³/mol. The highest BCUT2D eigenvalue weighted by Crippen LogP contribution is 2.25. The fourth-order valence-corrected chi connectivity index (χ4v) is 3.54. The van der Waals surface area contributed by atoms with Gasteiger partial charge in [-0.05, 0) is 41.3 Å². The maximum Gasteiger partial charge on any atom is 0.249 e. The lowest BCUT2D eigenvalue weighted by molar-refractivity contribution is 0.0995. The molecule has 1 aliphatic heterocycles. The number of rotatable bonds is 7. The number of carbonyl (C=O) groups is 1. The number of carbonyl (C=O) groups excluding carboxylic acids is 1. The minimum Gasteiger partial charge on any atom is -0.486 e. The molecule has 2 atom stereocenters. The zero-order valence-corrected chi connectivity index (χ0v) is 15.7. The molecule has 29 heavy (non-hydrogen) atoms. The van der Waals surface area contributed by atoms with Crippen molar-refractivity contribution >= 4 is 5.91 Å². The largest absolute Gasteiger partial charge is 0.486 e. The summed E-state index contributed by atoms with van der Waals surface area (Å²) in [5.41, 5.74) is 8.74. The molecule has 3 heterocycles. The third kappa shape index (κ3) is 4.44. The molecule has 0 unspecified atom stereocenters. The lowest BCUT2D eigenvalue weighted by Gasteiger charge is -2.30. The third-order valence-corrected chi connectivity index (χ3v) is 5.10. The van der Waals surface area contributed by atoms with Crippen molar-refractivity contribution in [2.75, 3.05) is 0 Å². The molecular formula is C21H22N4O4. The quantitative estimate of drug-likeness (QED) is 0.553. The van der Waals surface area contributed by atoms with Gasteiger partial charge in [0.25, 0.3) is 0 Å². The Morgan fingerprint density at radius 2 is 2.21 bits per heavy atom. The predicted octanol–water partition coefficient (Wildman–Crippen LogP) is 1.37. The Morgan fingerprint density at radius 1 is 1.31 bits per heavy atom. The van der Waals surface area contributed by atoms with Gasteiger partial charge in [0.15, 0.2) is 12.2 Å². The van der Waals surface area contributed by atoms with E-state index in [-0.39, 0.29) is 6.04 Å². The number of primary amides is 1. The molecule has 2 aromatic heterocycles. The van der Waals surface area contributed by atoms with Crippen molar-refractivity contribution in [2.45, 2.75) is 38.1 Å². The summed E-state index contributed by atoms with van der Waals surface area (Å²) in [7, 11) is 0. The van der Waals surface area contributed by atoms with Crippen LogP contribution in [0.4, 0.5) is 0 Å². The van der Waals surface area contributed by atoms with Gasteiger partial charge in [-0.1, -0.05) is 6.07 Å². The van der Waals surface area contributed by atoms with Gasteiger partial charge >= 0.3 is 0 Å². The van der Waals surface area contributed by atoms with Gasteiger partial charge in [0.1, 0.15) is 12.4 Å². The Bertz CT molecular complexity index is 990. The van der Waals surface area contributed by atoms with E-state index in [9.17, 15) is 9.90 Å². The summed E-state index contributed by atoms with van der Waals surface area (Å²) in [5, 5.41) is 14.1. The number of amides is 1. The third-order valence-electron chi connectivity index (χ3n) is 5.10. The Hall–Kier alpha value is -3.23. The highest BCUT2D eigenvalue weighted by Gasteiger charge is 2.26. The molecule has 1 aliphatic rings. The molecule has 0 fully saturated rings. The summed E-state index contributed by atoms with van der Waals surface area (Å²) in [4.78, 5) is 19.5. The fourth-order valence-electron chi connectivity index (χ4n) is 3.54. The lowest BCUT2D eigenvalue weighted by atomic mass is 9.90. The number of hydrogen-bond donors (Lipinski definition) is 3. The van der Waals surface area contributed by atoms with E-state index in [2.05, 4.69) is 15.3 Å². The molecule has 0 saturated heterocycles. The number of ether oxygens (including phenoxy) is 1. The standard InChI is InChI=1S/C21H22N4O4/c22-21(27)18-3-4-23-8-15(18)7-20(26)19-6-13-1-2-16(5-14(13)9-25-19)28-11-17-10-24-12-29-17/h1-5,8,10,12,19-20,25-26H,6-7,9,11H2,(H2,22,27)/t19-,20+/m0/s1. The van der Waals surface area contributed by atoms with Crippen LogP contribution in [0.25, 0.3) is 0 Å². The van der Waals surface area contributed by atoms with Crippen molar-refractivity contribution in [1.29, 1.82) is 0 Å². The van der Waals surface area contributed by atoms with Gasteiger partial charge in [-0.15, -0.1) is 0 Å². The summed E-state index contributed by atoms with van der Waals surface area (Å²) in [5.74, 6) is 0.895. The van der Waals surface area contributed by atoms with Crippen LogP contribution in [-0.2, 0) is 26.0 Å². The summed E-state index contributed by atoms with van der Waals surface area (Å²) in [6, 6.07) is 7.37. The van der Waals surface area contributed by atoms with Crippen molar-refractivity contribution in [1.82, 2.24) is 15.3 Å². The Kier molecular flexibility index (Phi) is 5.55. The van der Waals surface area contributed by atoms with Crippen LogP contribution in [0.3, 0.4) is 0 Å². The topological polar surface area (TPSA) is 124 Å². The zero-order chi connectivity index (χ0) is 20.2. The number of nitrogens with one attached hydrogen (secondary N) is 1. The molecule has 3 aromatic rings. The molecule has 4 N–H and O–H groups in total. The molecule has 8 nitrogen and oxygen atoms in total. The first-order chi connectivity index (χ1) is 14.1. The average Bonchev–Trinajstić information content (AvgIpc) is 3.25. The smallest absolute Gasteiger partial charge is 0.249 e. The van der Waals surface area contributed by atoms with Gasteiger partial charge in [-0.3, -0.25) is 9.78 Å². The molecule has 150 valence electrons. The number of hydrogen-bond acceptors (Lipinski definition) is 7. The Labute approximate surface area is 167 Å². The average molecular weight is 394 g/mol. The number of aromatic nitrogens is 2. The maximum atomic E-state index is 11.6. The number of aliphatic hydroxyl groups excluding tert-OH is 1. The van der Waals surface area contributed by atoms with E-state index in [1.165, 1.54) is 12.6 Å². The monoisotopic (exact) mass is 394 g/mol. The molecule has 0 spiro atoms. The van der Waals surface area contributed by atoms with E-state index in [0.29, 0.717) is 42.9 Å². The van der Waals surface area contributed by atoms with Gasteiger partial charge in [-0.2, -0.15) is 0 Å². The van der Waals surface area contributed by atoms with Crippen molar-refractivity contribution in [3.05, 3.63) is 77.3 Å². The number of oxazole rings is 1. The second-order valence-corrected chi connectivity index (χ2v) is 7.05. The van der Waals surface area contributed by atoms with Gasteiger partial charge in [0.2, 0.25) is 5.91 Å². The van der Waals surface area contributed by atoms with Gasteiger partial charge < -0.3 is 25.3 Å². The van der Waals surface area contributed by atoms with Gasteiger partial charge in [-0.25, -0.2) is 4.98 Å². The summed E-state index contributed by atoms with van der Waals surface area (Å²) in [6.07, 6.45) is 6.40. The lowest BCUT2D eigenvalue weighted by Crippen LogP contribution is -2.45. The first-order valence-corrected chi connectivity index (χ1v) is 9.36.